The third-order valence-electron chi connectivity index (χ3n) is 4.90. The Kier molecular flexibility index (Phi) is 7.96. The standard InChI is InChI=1S/C26H27ClFNO2/c1-4-7-21-14-20(16-29-24-9-6-8-23(27)18(24)3)15-25(30-5-2)26(21)31-17-19-10-12-22(28)13-11-19/h4,6,8-15,29H,1,5,7,16-17H2,2-3H3. The molecule has 0 unspecified atom stereocenters. The molecule has 0 radical (unpaired) electrons. The number of nitrogens with one attached hydrogen (secondary N) is 1. The van der Waals surface area contributed by atoms with Crippen LogP contribution in [-0.2, 0) is 19.6 Å². The van der Waals surface area contributed by atoms with E-state index in [2.05, 4.69) is 18.0 Å². The Morgan fingerprint density at radius 3 is 2.55 bits per heavy atom. The normalized spacial score (nSPS) is 10.6. The number of benzene rings is 3. The summed E-state index contributed by atoms with van der Waals surface area (Å²) in [6.07, 6.45) is 2.48. The van der Waals surface area contributed by atoms with Gasteiger partial charge in [-0.2, -0.15) is 0 Å². The van der Waals surface area contributed by atoms with Gasteiger partial charge in [-0.15, -0.1) is 6.58 Å². The van der Waals surface area contributed by atoms with Crippen LogP contribution in [0.3, 0.4) is 0 Å². The quantitative estimate of drug-likeness (QED) is 0.341. The molecule has 0 saturated carbocycles. The monoisotopic (exact) mass is 439 g/mol. The minimum Gasteiger partial charge on any atom is -0.490 e. The zero-order chi connectivity index (χ0) is 22.2. The Morgan fingerprint density at radius 2 is 1.84 bits per heavy atom. The second-order valence-corrected chi connectivity index (χ2v) is 7.60. The zero-order valence-corrected chi connectivity index (χ0v) is 18.6. The minimum atomic E-state index is -0.266. The molecule has 5 heteroatoms. The van der Waals surface area contributed by atoms with Gasteiger partial charge in [0.15, 0.2) is 11.5 Å². The predicted octanol–water partition coefficient (Wildman–Crippen LogP) is 7.11. The van der Waals surface area contributed by atoms with E-state index in [4.69, 9.17) is 21.1 Å². The minimum absolute atomic E-state index is 0.266. The summed E-state index contributed by atoms with van der Waals surface area (Å²) in [7, 11) is 0. The second-order valence-electron chi connectivity index (χ2n) is 7.19. The van der Waals surface area contributed by atoms with Gasteiger partial charge in [0.25, 0.3) is 0 Å². The molecular weight excluding hydrogens is 413 g/mol. The van der Waals surface area contributed by atoms with E-state index < -0.39 is 0 Å². The maximum atomic E-state index is 13.2. The van der Waals surface area contributed by atoms with Crippen molar-refractivity contribution in [1.82, 2.24) is 0 Å². The molecule has 3 aromatic rings. The molecule has 0 spiro atoms. The number of halogens is 2. The number of ether oxygens (including phenoxy) is 2. The van der Waals surface area contributed by atoms with Crippen LogP contribution in [0, 0.1) is 12.7 Å². The number of hydrogen-bond acceptors (Lipinski definition) is 3. The van der Waals surface area contributed by atoms with Crippen molar-refractivity contribution >= 4 is 17.3 Å². The van der Waals surface area contributed by atoms with Crippen LogP contribution in [0.15, 0.2) is 67.3 Å². The van der Waals surface area contributed by atoms with Gasteiger partial charge in [-0.25, -0.2) is 4.39 Å². The van der Waals surface area contributed by atoms with E-state index in [1.54, 1.807) is 12.1 Å². The van der Waals surface area contributed by atoms with Gasteiger partial charge in [0.1, 0.15) is 12.4 Å². The average Bonchev–Trinajstić information content (AvgIpc) is 2.76. The summed E-state index contributed by atoms with van der Waals surface area (Å²) in [5, 5.41) is 4.18. The molecular formula is C26H27ClFNO2. The first kappa shape index (κ1) is 22.7. The van der Waals surface area contributed by atoms with Gasteiger partial charge in [0.2, 0.25) is 0 Å². The van der Waals surface area contributed by atoms with Crippen LogP contribution < -0.4 is 14.8 Å². The van der Waals surface area contributed by atoms with Gasteiger partial charge < -0.3 is 14.8 Å². The highest BCUT2D eigenvalue weighted by Crippen LogP contribution is 2.35. The van der Waals surface area contributed by atoms with E-state index in [-0.39, 0.29) is 5.82 Å². The Bertz CT molecular complexity index is 1030. The molecule has 0 fully saturated rings. The van der Waals surface area contributed by atoms with Crippen molar-refractivity contribution < 1.29 is 13.9 Å². The summed E-state index contributed by atoms with van der Waals surface area (Å²) < 4.78 is 25.2. The summed E-state index contributed by atoms with van der Waals surface area (Å²) in [6, 6.07) is 16.2. The lowest BCUT2D eigenvalue weighted by atomic mass is 10.0. The summed E-state index contributed by atoms with van der Waals surface area (Å²) in [4.78, 5) is 0. The fraction of sp³-hybridized carbons (Fsp3) is 0.231. The van der Waals surface area contributed by atoms with E-state index in [0.29, 0.717) is 37.7 Å². The molecule has 1 N–H and O–H groups in total. The molecule has 3 aromatic carbocycles. The summed E-state index contributed by atoms with van der Waals surface area (Å²) in [6.45, 7) is 9.27. The van der Waals surface area contributed by atoms with Gasteiger partial charge in [0.05, 0.1) is 6.61 Å². The fourth-order valence-corrected chi connectivity index (χ4v) is 3.47. The molecule has 3 rings (SSSR count). The second kappa shape index (κ2) is 10.9. The zero-order valence-electron chi connectivity index (χ0n) is 17.9. The molecule has 31 heavy (non-hydrogen) atoms. The SMILES string of the molecule is C=CCc1cc(CNc2cccc(Cl)c2C)cc(OCC)c1OCc1ccc(F)cc1. The van der Waals surface area contributed by atoms with Crippen LogP contribution >= 0.6 is 11.6 Å². The highest BCUT2D eigenvalue weighted by molar-refractivity contribution is 6.31. The maximum Gasteiger partial charge on any atom is 0.165 e. The highest BCUT2D eigenvalue weighted by Gasteiger charge is 2.14. The summed E-state index contributed by atoms with van der Waals surface area (Å²) in [5.41, 5.74) is 4.94. The lowest BCUT2D eigenvalue weighted by molar-refractivity contribution is 0.267. The molecule has 0 saturated heterocycles. The Balaban J connectivity index is 1.85. The van der Waals surface area contributed by atoms with Gasteiger partial charge in [-0.3, -0.25) is 0 Å². The van der Waals surface area contributed by atoms with E-state index in [9.17, 15) is 4.39 Å². The van der Waals surface area contributed by atoms with Crippen LogP contribution in [0.5, 0.6) is 11.5 Å². The Hall–Kier alpha value is -2.98. The topological polar surface area (TPSA) is 30.5 Å². The number of hydrogen-bond donors (Lipinski definition) is 1. The Labute approximate surface area is 188 Å². The molecule has 0 aliphatic rings. The molecule has 0 atom stereocenters. The first-order valence-electron chi connectivity index (χ1n) is 10.3. The molecule has 162 valence electrons. The number of anilines is 1. The first-order valence-corrected chi connectivity index (χ1v) is 10.6. The van der Waals surface area contributed by atoms with Crippen molar-refractivity contribution in [3.05, 3.63) is 100 Å². The molecule has 0 heterocycles. The first-order chi connectivity index (χ1) is 15.0. The van der Waals surface area contributed by atoms with Crippen LogP contribution in [0.2, 0.25) is 5.02 Å². The summed E-state index contributed by atoms with van der Waals surface area (Å²) in [5.74, 6) is 1.11. The van der Waals surface area contributed by atoms with Crippen molar-refractivity contribution in [3.63, 3.8) is 0 Å². The Morgan fingerprint density at radius 1 is 1.06 bits per heavy atom. The molecule has 0 aliphatic heterocycles. The van der Waals surface area contributed by atoms with Gasteiger partial charge in [-0.1, -0.05) is 35.9 Å². The van der Waals surface area contributed by atoms with Crippen molar-refractivity contribution in [3.8, 4) is 11.5 Å². The molecule has 0 amide bonds. The molecule has 0 aromatic heterocycles. The third kappa shape index (κ3) is 6.02. The van der Waals surface area contributed by atoms with Crippen molar-refractivity contribution in [2.45, 2.75) is 33.4 Å². The number of rotatable bonds is 10. The van der Waals surface area contributed by atoms with E-state index in [1.807, 2.05) is 44.2 Å². The highest BCUT2D eigenvalue weighted by atomic mass is 35.5. The molecule has 0 bridgehead atoms. The maximum absolute atomic E-state index is 13.2. The van der Waals surface area contributed by atoms with E-state index >= 15 is 0 Å². The fourth-order valence-electron chi connectivity index (χ4n) is 3.29. The van der Waals surface area contributed by atoms with Crippen LogP contribution in [-0.4, -0.2) is 6.61 Å². The smallest absolute Gasteiger partial charge is 0.165 e. The largest absolute Gasteiger partial charge is 0.490 e. The average molecular weight is 440 g/mol. The van der Waals surface area contributed by atoms with E-state index in [1.165, 1.54) is 12.1 Å². The third-order valence-corrected chi connectivity index (χ3v) is 5.31. The van der Waals surface area contributed by atoms with Crippen LogP contribution in [0.25, 0.3) is 0 Å². The van der Waals surface area contributed by atoms with Gasteiger partial charge in [-0.05, 0) is 73.4 Å². The summed E-state index contributed by atoms with van der Waals surface area (Å²) >= 11 is 6.23. The number of allylic oxidation sites excluding steroid dienone is 1. The lowest BCUT2D eigenvalue weighted by Crippen LogP contribution is -2.06. The van der Waals surface area contributed by atoms with Crippen LogP contribution in [0.1, 0.15) is 29.2 Å². The van der Waals surface area contributed by atoms with Crippen molar-refractivity contribution in [2.24, 2.45) is 0 Å². The van der Waals surface area contributed by atoms with Crippen molar-refractivity contribution in [2.75, 3.05) is 11.9 Å². The van der Waals surface area contributed by atoms with E-state index in [0.717, 1.165) is 33.0 Å². The van der Waals surface area contributed by atoms with Crippen LogP contribution in [0.4, 0.5) is 10.1 Å². The van der Waals surface area contributed by atoms with Gasteiger partial charge >= 0.3 is 0 Å². The lowest BCUT2D eigenvalue weighted by Gasteiger charge is -2.18. The van der Waals surface area contributed by atoms with Gasteiger partial charge in [0, 0.05) is 22.8 Å². The predicted molar refractivity (Wildman–Crippen MR) is 126 cm³/mol. The molecule has 3 nitrogen and oxygen atoms in total. The van der Waals surface area contributed by atoms with Crippen molar-refractivity contribution in [1.29, 1.82) is 0 Å². The molecule has 0 aliphatic carbocycles.